The third-order valence-electron chi connectivity index (χ3n) is 11.2. The van der Waals surface area contributed by atoms with Crippen LogP contribution in [-0.2, 0) is 18.9 Å². The average molecular weight is 403 g/mol. The van der Waals surface area contributed by atoms with Crippen LogP contribution >= 0.6 is 0 Å². The molecule has 4 nitrogen and oxygen atoms in total. The number of fused-ring (bicyclic) bond motifs is 6. The van der Waals surface area contributed by atoms with Gasteiger partial charge in [-0.3, -0.25) is 0 Å². The summed E-state index contributed by atoms with van der Waals surface area (Å²) in [5.74, 6) is 3.93. The Morgan fingerprint density at radius 2 is 1.31 bits per heavy atom. The summed E-state index contributed by atoms with van der Waals surface area (Å²) in [5.41, 5.74) is 0.813. The largest absolute Gasteiger partial charge is 0.348 e. The van der Waals surface area contributed by atoms with E-state index in [1.807, 2.05) is 0 Å². The molecule has 29 heavy (non-hydrogen) atoms. The number of hydrogen-bond acceptors (Lipinski definition) is 4. The van der Waals surface area contributed by atoms with E-state index in [1.165, 1.54) is 57.8 Å². The highest BCUT2D eigenvalue weighted by molar-refractivity contribution is 5.16. The van der Waals surface area contributed by atoms with E-state index in [0.717, 1.165) is 68.9 Å². The Morgan fingerprint density at radius 3 is 2.07 bits per heavy atom. The quantitative estimate of drug-likeness (QED) is 0.625. The maximum atomic E-state index is 6.35. The van der Waals surface area contributed by atoms with Gasteiger partial charge in [0.05, 0.1) is 26.4 Å². The van der Waals surface area contributed by atoms with Crippen molar-refractivity contribution >= 4 is 0 Å². The Bertz CT molecular complexity index is 676. The summed E-state index contributed by atoms with van der Waals surface area (Å²) in [6.07, 6.45) is 14.6. The van der Waals surface area contributed by atoms with Gasteiger partial charge in [-0.15, -0.1) is 0 Å². The minimum Gasteiger partial charge on any atom is -0.348 e. The summed E-state index contributed by atoms with van der Waals surface area (Å²) in [7, 11) is 0. The maximum Gasteiger partial charge on any atom is 0.174 e. The predicted molar refractivity (Wildman–Crippen MR) is 108 cm³/mol. The lowest BCUT2D eigenvalue weighted by Gasteiger charge is -2.63. The zero-order valence-corrected chi connectivity index (χ0v) is 18.1. The Kier molecular flexibility index (Phi) is 3.81. The molecule has 4 heteroatoms. The van der Waals surface area contributed by atoms with Gasteiger partial charge in [-0.25, -0.2) is 0 Å². The van der Waals surface area contributed by atoms with Crippen molar-refractivity contribution in [2.24, 2.45) is 40.4 Å². The molecule has 162 valence electrons. The smallest absolute Gasteiger partial charge is 0.174 e. The van der Waals surface area contributed by atoms with E-state index >= 15 is 0 Å². The minimum absolute atomic E-state index is 0.220. The lowest BCUT2D eigenvalue weighted by molar-refractivity contribution is -0.262. The van der Waals surface area contributed by atoms with Gasteiger partial charge >= 0.3 is 0 Å². The lowest BCUT2D eigenvalue weighted by atomic mass is 9.43. The van der Waals surface area contributed by atoms with Gasteiger partial charge < -0.3 is 18.9 Å². The van der Waals surface area contributed by atoms with E-state index in [9.17, 15) is 0 Å². The van der Waals surface area contributed by atoms with Crippen LogP contribution < -0.4 is 0 Å². The molecular formula is C25H38O4. The van der Waals surface area contributed by atoms with E-state index in [1.54, 1.807) is 0 Å². The third-order valence-corrected chi connectivity index (χ3v) is 11.2. The van der Waals surface area contributed by atoms with Crippen LogP contribution in [0.2, 0.25) is 0 Å². The first kappa shape index (κ1) is 18.4. The molecule has 0 N–H and O–H groups in total. The average Bonchev–Trinajstić information content (AvgIpc) is 3.18. The molecule has 7 aliphatic rings. The van der Waals surface area contributed by atoms with Crippen molar-refractivity contribution in [2.75, 3.05) is 26.4 Å². The van der Waals surface area contributed by atoms with Crippen molar-refractivity contribution in [3.63, 3.8) is 0 Å². The second-order valence-electron chi connectivity index (χ2n) is 11.8. The van der Waals surface area contributed by atoms with Crippen molar-refractivity contribution < 1.29 is 18.9 Å². The summed E-state index contributed by atoms with van der Waals surface area (Å²) >= 11 is 0. The van der Waals surface area contributed by atoms with E-state index in [4.69, 9.17) is 18.9 Å². The first-order valence-electron chi connectivity index (χ1n) is 12.7. The molecule has 2 saturated heterocycles. The normalized spacial score (nSPS) is 52.4. The summed E-state index contributed by atoms with van der Waals surface area (Å²) in [4.78, 5) is 0. The summed E-state index contributed by atoms with van der Waals surface area (Å²) < 4.78 is 25.1. The summed E-state index contributed by atoms with van der Waals surface area (Å²) in [6.45, 7) is 5.73. The van der Waals surface area contributed by atoms with Crippen molar-refractivity contribution in [1.29, 1.82) is 0 Å². The van der Waals surface area contributed by atoms with Gasteiger partial charge in [-0.2, -0.15) is 0 Å². The molecule has 2 heterocycles. The number of hydrogen-bond donors (Lipinski definition) is 0. The Labute approximate surface area is 175 Å². The Morgan fingerprint density at radius 1 is 0.621 bits per heavy atom. The minimum atomic E-state index is -0.256. The van der Waals surface area contributed by atoms with Crippen LogP contribution in [0.3, 0.4) is 0 Å². The van der Waals surface area contributed by atoms with Gasteiger partial charge in [0.25, 0.3) is 0 Å². The van der Waals surface area contributed by atoms with Crippen LogP contribution in [0.25, 0.3) is 0 Å². The molecule has 5 saturated carbocycles. The van der Waals surface area contributed by atoms with Gasteiger partial charge in [0.15, 0.2) is 11.6 Å². The first-order chi connectivity index (χ1) is 14.1. The van der Waals surface area contributed by atoms with E-state index in [2.05, 4.69) is 6.92 Å². The monoisotopic (exact) mass is 402 g/mol. The second kappa shape index (κ2) is 5.99. The Hall–Kier alpha value is -0.160. The molecule has 0 unspecified atom stereocenters. The highest BCUT2D eigenvalue weighted by Crippen LogP contribution is 2.74. The molecule has 0 aromatic rings. The fraction of sp³-hybridized carbons (Fsp3) is 1.00. The highest BCUT2D eigenvalue weighted by atomic mass is 16.7. The molecule has 0 amide bonds. The molecule has 0 aromatic carbocycles. The third kappa shape index (κ3) is 2.25. The van der Waals surface area contributed by atoms with Crippen molar-refractivity contribution in [1.82, 2.24) is 0 Å². The van der Waals surface area contributed by atoms with Gasteiger partial charge in [0.1, 0.15) is 0 Å². The summed E-state index contributed by atoms with van der Waals surface area (Å²) in [5, 5.41) is 0. The van der Waals surface area contributed by atoms with Crippen LogP contribution in [0.1, 0.15) is 77.6 Å². The highest BCUT2D eigenvalue weighted by Gasteiger charge is 2.70. The molecular weight excluding hydrogens is 364 g/mol. The van der Waals surface area contributed by atoms with Crippen LogP contribution in [-0.4, -0.2) is 38.0 Å². The zero-order chi connectivity index (χ0) is 19.3. The predicted octanol–water partition coefficient (Wildman–Crippen LogP) is 4.91. The molecule has 5 aliphatic carbocycles. The molecule has 2 spiro atoms. The number of ether oxygens (including phenoxy) is 4. The molecule has 2 aliphatic heterocycles. The van der Waals surface area contributed by atoms with Gasteiger partial charge in [-0.05, 0) is 86.4 Å². The van der Waals surface area contributed by atoms with Gasteiger partial charge in [0, 0.05) is 24.7 Å². The fourth-order valence-corrected chi connectivity index (χ4v) is 9.99. The number of rotatable bonds is 1. The van der Waals surface area contributed by atoms with Crippen molar-refractivity contribution in [3.8, 4) is 0 Å². The van der Waals surface area contributed by atoms with E-state index in [0.29, 0.717) is 5.41 Å². The van der Waals surface area contributed by atoms with E-state index < -0.39 is 0 Å². The van der Waals surface area contributed by atoms with Crippen LogP contribution in [0.5, 0.6) is 0 Å². The Balaban J connectivity index is 1.22. The molecule has 7 rings (SSSR count). The molecule has 0 aromatic heterocycles. The molecule has 6 atom stereocenters. The lowest BCUT2D eigenvalue weighted by Crippen LogP contribution is -2.60. The topological polar surface area (TPSA) is 36.9 Å². The van der Waals surface area contributed by atoms with Crippen LogP contribution in [0, 0.1) is 40.4 Å². The second-order valence-corrected chi connectivity index (χ2v) is 11.8. The van der Waals surface area contributed by atoms with Crippen molar-refractivity contribution in [3.05, 3.63) is 0 Å². The first-order valence-corrected chi connectivity index (χ1v) is 12.7. The molecule has 0 radical (unpaired) electrons. The SMILES string of the molecule is C[C@]12CC[C@H]3[C@@H](CC[C@@H]4CC5(CC[C@@]43C3CC3)OCCO5)[C@@H]1CCC21OCCO1. The standard InChI is InChI=1S/C25H38O4/c1-22-8-6-21-19(20(22)7-9-25(22)28-14-15-29-25)5-4-18-16-23(26-12-13-27-23)10-11-24(18,21)17-2-3-17/h17-21H,2-16H2,1H3/t18-,19+,20+,21+,22+,24-/m1/s1. The van der Waals surface area contributed by atoms with Crippen molar-refractivity contribution in [2.45, 2.75) is 89.1 Å². The van der Waals surface area contributed by atoms with Crippen LogP contribution in [0.15, 0.2) is 0 Å². The fourth-order valence-electron chi connectivity index (χ4n) is 9.99. The zero-order valence-electron chi connectivity index (χ0n) is 18.1. The maximum absolute atomic E-state index is 6.35. The van der Waals surface area contributed by atoms with Crippen LogP contribution in [0.4, 0.5) is 0 Å². The van der Waals surface area contributed by atoms with E-state index in [-0.39, 0.29) is 17.0 Å². The molecule has 7 fully saturated rings. The summed E-state index contributed by atoms with van der Waals surface area (Å²) in [6, 6.07) is 0. The van der Waals surface area contributed by atoms with Gasteiger partial charge in [0.2, 0.25) is 0 Å². The van der Waals surface area contributed by atoms with Gasteiger partial charge in [-0.1, -0.05) is 6.92 Å². The molecule has 0 bridgehead atoms.